The number of benzene rings is 2. The van der Waals surface area contributed by atoms with Gasteiger partial charge in [0.25, 0.3) is 0 Å². The Hall–Kier alpha value is -3.15. The van der Waals surface area contributed by atoms with Gasteiger partial charge in [-0.2, -0.15) is 4.98 Å². The lowest BCUT2D eigenvalue weighted by molar-refractivity contribution is -0.116. The molecule has 0 aliphatic heterocycles. The normalized spacial score (nSPS) is 14.1. The summed E-state index contributed by atoms with van der Waals surface area (Å²) in [6.07, 6.45) is 6.74. The van der Waals surface area contributed by atoms with Crippen LogP contribution in [0.2, 0.25) is 0 Å². The summed E-state index contributed by atoms with van der Waals surface area (Å²) in [5, 5.41) is 7.48. The smallest absolute Gasteiger partial charge is 0.336 e. The van der Waals surface area contributed by atoms with Gasteiger partial charge in [0.05, 0.1) is 12.8 Å². The maximum Gasteiger partial charge on any atom is 0.336 e. The van der Waals surface area contributed by atoms with Crippen LogP contribution in [0.4, 0.5) is 5.69 Å². The lowest BCUT2D eigenvalue weighted by Crippen LogP contribution is -2.12. The fourth-order valence-electron chi connectivity index (χ4n) is 4.10. The molecule has 1 heterocycles. The summed E-state index contributed by atoms with van der Waals surface area (Å²) in [5.74, 6) is 1.52. The van der Waals surface area contributed by atoms with E-state index in [9.17, 15) is 4.79 Å². The molecule has 0 saturated heterocycles. The van der Waals surface area contributed by atoms with Crippen LogP contribution in [-0.4, -0.2) is 27.8 Å². The highest BCUT2D eigenvalue weighted by molar-refractivity contribution is 5.90. The Morgan fingerprint density at radius 1 is 1.13 bits per heavy atom. The average molecular weight is 405 g/mol. The van der Waals surface area contributed by atoms with E-state index < -0.39 is 0 Å². The zero-order valence-electron chi connectivity index (χ0n) is 17.6. The second kappa shape index (κ2) is 9.11. The third-order valence-corrected chi connectivity index (χ3v) is 5.81. The van der Waals surface area contributed by atoms with Gasteiger partial charge in [-0.15, -0.1) is 5.10 Å². The van der Waals surface area contributed by atoms with Gasteiger partial charge in [0.2, 0.25) is 5.91 Å². The lowest BCUT2D eigenvalue weighted by Gasteiger charge is -2.11. The molecule has 1 saturated carbocycles. The van der Waals surface area contributed by atoms with Crippen LogP contribution in [0.5, 0.6) is 6.01 Å². The molecular formula is C24H28N4O2. The van der Waals surface area contributed by atoms with E-state index in [4.69, 9.17) is 4.74 Å². The van der Waals surface area contributed by atoms with Crippen LogP contribution in [0.1, 0.15) is 44.1 Å². The standard InChI is InChI=1S/C24H28N4O2/c1-17-7-3-6-10-21(17)23-26-24(30-2)27-28(23)20-14-12-19(13-15-20)25-22(29)16-11-18-8-4-5-9-18/h3,6-7,10,12-15,18H,4-5,8-9,11,16H2,1-2H3,(H,25,29). The molecule has 4 rings (SSSR count). The Bertz CT molecular complexity index is 1000. The zero-order chi connectivity index (χ0) is 20.9. The fourth-order valence-corrected chi connectivity index (χ4v) is 4.10. The number of carbonyl (C=O) groups is 1. The van der Waals surface area contributed by atoms with Crippen LogP contribution in [-0.2, 0) is 4.79 Å². The van der Waals surface area contributed by atoms with E-state index >= 15 is 0 Å². The summed E-state index contributed by atoms with van der Waals surface area (Å²) in [7, 11) is 1.56. The first kappa shape index (κ1) is 20.1. The van der Waals surface area contributed by atoms with Gasteiger partial charge >= 0.3 is 6.01 Å². The van der Waals surface area contributed by atoms with Gasteiger partial charge in [0.1, 0.15) is 0 Å². The highest BCUT2D eigenvalue weighted by Crippen LogP contribution is 2.29. The van der Waals surface area contributed by atoms with Gasteiger partial charge in [0.15, 0.2) is 5.82 Å². The first-order chi connectivity index (χ1) is 14.6. The summed E-state index contributed by atoms with van der Waals surface area (Å²) in [5.41, 5.74) is 3.75. The second-order valence-corrected chi connectivity index (χ2v) is 7.93. The van der Waals surface area contributed by atoms with E-state index in [1.807, 2.05) is 55.5 Å². The van der Waals surface area contributed by atoms with Crippen LogP contribution < -0.4 is 10.1 Å². The molecule has 156 valence electrons. The molecule has 6 heteroatoms. The van der Waals surface area contributed by atoms with Crippen LogP contribution >= 0.6 is 0 Å². The van der Waals surface area contributed by atoms with Gasteiger partial charge in [-0.1, -0.05) is 49.9 Å². The summed E-state index contributed by atoms with van der Waals surface area (Å²) in [6.45, 7) is 2.05. The van der Waals surface area contributed by atoms with E-state index in [-0.39, 0.29) is 5.91 Å². The number of carbonyl (C=O) groups excluding carboxylic acids is 1. The van der Waals surface area contributed by atoms with E-state index in [1.54, 1.807) is 11.8 Å². The van der Waals surface area contributed by atoms with Crippen LogP contribution in [0.25, 0.3) is 17.1 Å². The number of hydrogen-bond acceptors (Lipinski definition) is 4. The van der Waals surface area contributed by atoms with E-state index in [0.29, 0.717) is 12.4 Å². The van der Waals surface area contributed by atoms with Crippen molar-refractivity contribution in [3.63, 3.8) is 0 Å². The Balaban J connectivity index is 1.49. The van der Waals surface area contributed by atoms with Gasteiger partial charge in [-0.25, -0.2) is 4.68 Å². The summed E-state index contributed by atoms with van der Waals surface area (Å²) < 4.78 is 7.03. The summed E-state index contributed by atoms with van der Waals surface area (Å²) >= 11 is 0. The number of methoxy groups -OCH3 is 1. The van der Waals surface area contributed by atoms with Crippen molar-refractivity contribution in [2.75, 3.05) is 12.4 Å². The van der Waals surface area contributed by atoms with Crippen molar-refractivity contribution in [3.8, 4) is 23.1 Å². The first-order valence-electron chi connectivity index (χ1n) is 10.6. The molecule has 1 aromatic heterocycles. The number of anilines is 1. The Morgan fingerprint density at radius 3 is 2.57 bits per heavy atom. The second-order valence-electron chi connectivity index (χ2n) is 7.93. The molecule has 0 spiro atoms. The molecule has 0 radical (unpaired) electrons. The Morgan fingerprint density at radius 2 is 1.87 bits per heavy atom. The molecule has 1 fully saturated rings. The molecule has 1 N–H and O–H groups in total. The number of ether oxygens (including phenoxy) is 1. The van der Waals surface area contributed by atoms with Crippen molar-refractivity contribution >= 4 is 11.6 Å². The monoisotopic (exact) mass is 404 g/mol. The Kier molecular flexibility index (Phi) is 6.12. The molecule has 1 aliphatic carbocycles. The molecule has 0 unspecified atom stereocenters. The number of aromatic nitrogens is 3. The van der Waals surface area contributed by atoms with Crippen molar-refractivity contribution in [1.29, 1.82) is 0 Å². The van der Waals surface area contributed by atoms with Crippen molar-refractivity contribution in [2.45, 2.75) is 45.4 Å². The molecular weight excluding hydrogens is 376 g/mol. The highest BCUT2D eigenvalue weighted by atomic mass is 16.5. The maximum absolute atomic E-state index is 12.3. The average Bonchev–Trinajstić information content (AvgIpc) is 3.43. The first-order valence-corrected chi connectivity index (χ1v) is 10.6. The predicted octanol–water partition coefficient (Wildman–Crippen LogP) is 5.16. The summed E-state index contributed by atoms with van der Waals surface area (Å²) in [6, 6.07) is 16.0. The third-order valence-electron chi connectivity index (χ3n) is 5.81. The number of nitrogens with one attached hydrogen (secondary N) is 1. The molecule has 0 atom stereocenters. The highest BCUT2D eigenvalue weighted by Gasteiger charge is 2.17. The van der Waals surface area contributed by atoms with Crippen LogP contribution in [0.3, 0.4) is 0 Å². The van der Waals surface area contributed by atoms with Gasteiger partial charge in [0, 0.05) is 17.7 Å². The SMILES string of the molecule is COc1nc(-c2ccccc2C)n(-c2ccc(NC(=O)CCC3CCCC3)cc2)n1. The number of rotatable bonds is 7. The largest absolute Gasteiger partial charge is 0.466 e. The predicted molar refractivity (Wildman–Crippen MR) is 118 cm³/mol. The van der Waals surface area contributed by atoms with Crippen molar-refractivity contribution in [2.24, 2.45) is 5.92 Å². The molecule has 1 aliphatic rings. The molecule has 6 nitrogen and oxygen atoms in total. The van der Waals surface area contributed by atoms with Gasteiger partial charge in [-0.3, -0.25) is 4.79 Å². The molecule has 2 aromatic carbocycles. The molecule has 0 bridgehead atoms. The topological polar surface area (TPSA) is 69.0 Å². The minimum absolute atomic E-state index is 0.0812. The fraction of sp³-hybridized carbons (Fsp3) is 0.375. The Labute approximate surface area is 177 Å². The van der Waals surface area contributed by atoms with E-state index in [2.05, 4.69) is 15.4 Å². The van der Waals surface area contributed by atoms with Crippen molar-refractivity contribution in [1.82, 2.24) is 14.8 Å². The molecule has 30 heavy (non-hydrogen) atoms. The number of amides is 1. The molecule has 3 aromatic rings. The zero-order valence-corrected chi connectivity index (χ0v) is 17.6. The van der Waals surface area contributed by atoms with Crippen molar-refractivity contribution in [3.05, 3.63) is 54.1 Å². The number of hydrogen-bond donors (Lipinski definition) is 1. The van der Waals surface area contributed by atoms with Gasteiger partial charge < -0.3 is 10.1 Å². The van der Waals surface area contributed by atoms with Gasteiger partial charge in [-0.05, 0) is 49.1 Å². The third kappa shape index (κ3) is 4.53. The number of aryl methyl sites for hydroxylation is 1. The maximum atomic E-state index is 12.3. The lowest BCUT2D eigenvalue weighted by atomic mass is 10.0. The van der Waals surface area contributed by atoms with Crippen LogP contribution in [0, 0.1) is 12.8 Å². The molecule has 1 amide bonds. The summed E-state index contributed by atoms with van der Waals surface area (Å²) in [4.78, 5) is 16.8. The number of nitrogens with zero attached hydrogens (tertiary/aromatic N) is 3. The van der Waals surface area contributed by atoms with Crippen LogP contribution in [0.15, 0.2) is 48.5 Å². The van der Waals surface area contributed by atoms with E-state index in [0.717, 1.165) is 40.7 Å². The minimum Gasteiger partial charge on any atom is -0.466 e. The van der Waals surface area contributed by atoms with E-state index in [1.165, 1.54) is 25.7 Å². The minimum atomic E-state index is 0.0812. The quantitative estimate of drug-likeness (QED) is 0.590. The van der Waals surface area contributed by atoms with Crippen molar-refractivity contribution < 1.29 is 9.53 Å².